The maximum Gasteiger partial charge on any atom is 0.254 e. The Morgan fingerprint density at radius 1 is 1.55 bits per heavy atom. The molecule has 1 unspecified atom stereocenters. The largest absolute Gasteiger partial charge is 0.340 e. The SMILES string of the molecule is CCN1CCCC1CN(C)C(=O)c1cc(Cl)ccc1Br. The fraction of sp³-hybridized carbons (Fsp3) is 0.533. The highest BCUT2D eigenvalue weighted by atomic mass is 79.9. The molecule has 1 aliphatic heterocycles. The number of carbonyl (C=O) groups excluding carboxylic acids is 1. The van der Waals surface area contributed by atoms with Crippen molar-refractivity contribution in [3.63, 3.8) is 0 Å². The van der Waals surface area contributed by atoms with Crippen LogP contribution in [0, 0.1) is 0 Å². The molecular formula is C15H20BrClN2O. The molecule has 1 aliphatic rings. The lowest BCUT2D eigenvalue weighted by Gasteiger charge is -2.28. The minimum atomic E-state index is 0.0160. The van der Waals surface area contributed by atoms with E-state index < -0.39 is 0 Å². The van der Waals surface area contributed by atoms with Crippen LogP contribution in [-0.2, 0) is 0 Å². The Bertz CT molecular complexity index is 495. The normalized spacial score (nSPS) is 19.3. The Morgan fingerprint density at radius 2 is 2.30 bits per heavy atom. The first-order valence-corrected chi connectivity index (χ1v) is 8.14. The molecule has 0 aliphatic carbocycles. The van der Waals surface area contributed by atoms with Crippen LogP contribution in [0.4, 0.5) is 0 Å². The minimum absolute atomic E-state index is 0.0160. The van der Waals surface area contributed by atoms with Gasteiger partial charge in [-0.15, -0.1) is 0 Å². The first-order chi connectivity index (χ1) is 9.52. The summed E-state index contributed by atoms with van der Waals surface area (Å²) >= 11 is 9.40. The first-order valence-electron chi connectivity index (χ1n) is 6.97. The van der Waals surface area contributed by atoms with Crippen molar-refractivity contribution < 1.29 is 4.79 Å². The highest BCUT2D eigenvalue weighted by molar-refractivity contribution is 9.10. The Kier molecular flexibility index (Phi) is 5.47. The van der Waals surface area contributed by atoms with Gasteiger partial charge >= 0.3 is 0 Å². The number of likely N-dealkylation sites (N-methyl/N-ethyl adjacent to an activating group) is 2. The van der Waals surface area contributed by atoms with E-state index in [4.69, 9.17) is 11.6 Å². The summed E-state index contributed by atoms with van der Waals surface area (Å²) in [6.45, 7) is 5.14. The average molecular weight is 360 g/mol. The number of hydrogen-bond acceptors (Lipinski definition) is 2. The van der Waals surface area contributed by atoms with Crippen molar-refractivity contribution in [3.8, 4) is 0 Å². The molecule has 1 fully saturated rings. The van der Waals surface area contributed by atoms with Crippen molar-refractivity contribution in [2.45, 2.75) is 25.8 Å². The topological polar surface area (TPSA) is 23.6 Å². The standard InChI is InChI=1S/C15H20BrClN2O/c1-3-19-8-4-5-12(19)10-18(2)15(20)13-9-11(17)6-7-14(13)16/h6-7,9,12H,3-5,8,10H2,1-2H3. The van der Waals surface area contributed by atoms with Crippen molar-refractivity contribution in [1.82, 2.24) is 9.80 Å². The molecule has 2 rings (SSSR count). The van der Waals surface area contributed by atoms with Gasteiger partial charge in [-0.3, -0.25) is 9.69 Å². The molecule has 0 bridgehead atoms. The van der Waals surface area contributed by atoms with Crippen molar-refractivity contribution in [3.05, 3.63) is 33.3 Å². The van der Waals surface area contributed by atoms with Gasteiger partial charge in [0, 0.05) is 29.1 Å². The van der Waals surface area contributed by atoms with Gasteiger partial charge in [0.1, 0.15) is 0 Å². The summed E-state index contributed by atoms with van der Waals surface area (Å²) in [5.41, 5.74) is 0.626. The molecule has 1 aromatic rings. The van der Waals surface area contributed by atoms with Crippen LogP contribution in [0.2, 0.25) is 5.02 Å². The summed E-state index contributed by atoms with van der Waals surface area (Å²) in [5, 5.41) is 0.584. The predicted molar refractivity (Wildman–Crippen MR) is 86.4 cm³/mol. The van der Waals surface area contributed by atoms with Crippen LogP contribution >= 0.6 is 27.5 Å². The molecule has 1 saturated heterocycles. The maximum atomic E-state index is 12.5. The number of carbonyl (C=O) groups is 1. The molecule has 1 aromatic carbocycles. The van der Waals surface area contributed by atoms with Gasteiger partial charge in [0.25, 0.3) is 5.91 Å². The lowest BCUT2D eigenvalue weighted by Crippen LogP contribution is -2.41. The fourth-order valence-electron chi connectivity index (χ4n) is 2.78. The van der Waals surface area contributed by atoms with E-state index in [0.29, 0.717) is 16.6 Å². The zero-order valence-electron chi connectivity index (χ0n) is 11.9. The molecule has 3 nitrogen and oxygen atoms in total. The summed E-state index contributed by atoms with van der Waals surface area (Å²) in [4.78, 5) is 16.8. The summed E-state index contributed by atoms with van der Waals surface area (Å²) in [6.07, 6.45) is 2.39. The predicted octanol–water partition coefficient (Wildman–Crippen LogP) is 3.66. The molecule has 0 spiro atoms. The lowest BCUT2D eigenvalue weighted by atomic mass is 10.1. The van der Waals surface area contributed by atoms with E-state index in [1.54, 1.807) is 17.0 Å². The highest BCUT2D eigenvalue weighted by Crippen LogP contribution is 2.23. The second kappa shape index (κ2) is 6.92. The molecule has 110 valence electrons. The third-order valence-electron chi connectivity index (χ3n) is 3.90. The van der Waals surface area contributed by atoms with Crippen LogP contribution in [0.5, 0.6) is 0 Å². The molecule has 0 N–H and O–H groups in total. The van der Waals surface area contributed by atoms with Crippen molar-refractivity contribution in [2.24, 2.45) is 0 Å². The number of amides is 1. The number of halogens is 2. The van der Waals surface area contributed by atoms with Crippen LogP contribution in [0.15, 0.2) is 22.7 Å². The van der Waals surface area contributed by atoms with Gasteiger partial charge in [-0.1, -0.05) is 18.5 Å². The highest BCUT2D eigenvalue weighted by Gasteiger charge is 2.26. The molecule has 1 atom stereocenters. The summed E-state index contributed by atoms with van der Waals surface area (Å²) in [6, 6.07) is 5.79. The van der Waals surface area contributed by atoms with Gasteiger partial charge in [-0.05, 0) is 60.1 Å². The van der Waals surface area contributed by atoms with Crippen LogP contribution < -0.4 is 0 Å². The zero-order valence-corrected chi connectivity index (χ0v) is 14.2. The summed E-state index contributed by atoms with van der Waals surface area (Å²) < 4.78 is 0.789. The third-order valence-corrected chi connectivity index (χ3v) is 4.82. The number of benzene rings is 1. The Morgan fingerprint density at radius 3 is 3.00 bits per heavy atom. The van der Waals surface area contributed by atoms with E-state index in [9.17, 15) is 4.79 Å². The van der Waals surface area contributed by atoms with Crippen LogP contribution in [0.1, 0.15) is 30.1 Å². The van der Waals surface area contributed by atoms with E-state index in [2.05, 4.69) is 27.8 Å². The van der Waals surface area contributed by atoms with E-state index in [1.165, 1.54) is 12.8 Å². The number of hydrogen-bond donors (Lipinski definition) is 0. The second-order valence-electron chi connectivity index (χ2n) is 5.23. The number of likely N-dealkylation sites (tertiary alicyclic amines) is 1. The smallest absolute Gasteiger partial charge is 0.254 e. The number of nitrogens with zero attached hydrogens (tertiary/aromatic N) is 2. The van der Waals surface area contributed by atoms with E-state index in [-0.39, 0.29) is 5.91 Å². The second-order valence-corrected chi connectivity index (χ2v) is 6.53. The lowest BCUT2D eigenvalue weighted by molar-refractivity contribution is 0.0754. The van der Waals surface area contributed by atoms with Crippen LogP contribution in [-0.4, -0.2) is 48.4 Å². The van der Waals surface area contributed by atoms with Gasteiger partial charge in [-0.2, -0.15) is 0 Å². The summed E-state index contributed by atoms with van der Waals surface area (Å²) in [5.74, 6) is 0.0160. The maximum absolute atomic E-state index is 12.5. The average Bonchev–Trinajstić information content (AvgIpc) is 2.87. The van der Waals surface area contributed by atoms with Gasteiger partial charge in [0.2, 0.25) is 0 Å². The van der Waals surface area contributed by atoms with Gasteiger partial charge in [-0.25, -0.2) is 0 Å². The van der Waals surface area contributed by atoms with Gasteiger partial charge in [0.15, 0.2) is 0 Å². The van der Waals surface area contributed by atoms with Gasteiger partial charge in [0.05, 0.1) is 5.56 Å². The molecule has 20 heavy (non-hydrogen) atoms. The van der Waals surface area contributed by atoms with Crippen LogP contribution in [0.25, 0.3) is 0 Å². The van der Waals surface area contributed by atoms with Crippen molar-refractivity contribution in [1.29, 1.82) is 0 Å². The van der Waals surface area contributed by atoms with E-state index in [0.717, 1.165) is 24.1 Å². The van der Waals surface area contributed by atoms with Gasteiger partial charge < -0.3 is 4.90 Å². The summed E-state index contributed by atoms with van der Waals surface area (Å²) in [7, 11) is 1.86. The molecule has 0 saturated carbocycles. The Hall–Kier alpha value is -0.580. The van der Waals surface area contributed by atoms with E-state index >= 15 is 0 Å². The Labute approximate surface area is 134 Å². The fourth-order valence-corrected chi connectivity index (χ4v) is 3.37. The molecule has 1 amide bonds. The van der Waals surface area contributed by atoms with E-state index in [1.807, 2.05) is 13.1 Å². The monoisotopic (exact) mass is 358 g/mol. The number of rotatable bonds is 4. The van der Waals surface area contributed by atoms with Crippen molar-refractivity contribution >= 4 is 33.4 Å². The van der Waals surface area contributed by atoms with Crippen LogP contribution in [0.3, 0.4) is 0 Å². The molecule has 0 aromatic heterocycles. The third kappa shape index (κ3) is 3.54. The quantitative estimate of drug-likeness (QED) is 0.819. The molecular weight excluding hydrogens is 340 g/mol. The Balaban J connectivity index is 2.07. The minimum Gasteiger partial charge on any atom is -0.340 e. The molecule has 1 heterocycles. The zero-order chi connectivity index (χ0) is 14.7. The molecule has 0 radical (unpaired) electrons. The first kappa shape index (κ1) is 15.8. The van der Waals surface area contributed by atoms with Crippen molar-refractivity contribution in [2.75, 3.05) is 26.7 Å². The molecule has 5 heteroatoms.